The van der Waals surface area contributed by atoms with Crippen LogP contribution in [0.5, 0.6) is 5.75 Å². The highest BCUT2D eigenvalue weighted by Crippen LogP contribution is 2.13. The molecule has 5 heteroatoms. The van der Waals surface area contributed by atoms with Crippen molar-refractivity contribution in [3.05, 3.63) is 65.2 Å². The van der Waals surface area contributed by atoms with Crippen molar-refractivity contribution in [3.63, 3.8) is 0 Å². The highest BCUT2D eigenvalue weighted by atomic mass is 16.5. The molecule has 0 spiro atoms. The zero-order valence-corrected chi connectivity index (χ0v) is 12.7. The third-order valence-electron chi connectivity index (χ3n) is 3.15. The van der Waals surface area contributed by atoms with Crippen molar-refractivity contribution in [2.24, 2.45) is 0 Å². The first-order valence-electron chi connectivity index (χ1n) is 7.08. The lowest BCUT2D eigenvalue weighted by molar-refractivity contribution is -0.119. The molecule has 2 rings (SSSR count). The maximum absolute atomic E-state index is 12.1. The lowest BCUT2D eigenvalue weighted by Gasteiger charge is -2.07. The van der Waals surface area contributed by atoms with Gasteiger partial charge in [-0.1, -0.05) is 30.3 Å². The lowest BCUT2D eigenvalue weighted by Crippen LogP contribution is -2.19. The van der Waals surface area contributed by atoms with Gasteiger partial charge in [0, 0.05) is 19.0 Å². The van der Waals surface area contributed by atoms with E-state index < -0.39 is 0 Å². The second kappa shape index (κ2) is 7.76. The number of hydrogen-bond acceptors (Lipinski definition) is 4. The van der Waals surface area contributed by atoms with Crippen LogP contribution >= 0.6 is 0 Å². The summed E-state index contributed by atoms with van der Waals surface area (Å²) in [5, 5.41) is 11.5. The van der Waals surface area contributed by atoms with E-state index in [2.05, 4.69) is 5.32 Å². The molecule has 0 aliphatic rings. The Hall–Kier alpha value is -3.13. The lowest BCUT2D eigenvalue weighted by atomic mass is 10.1. The first-order valence-corrected chi connectivity index (χ1v) is 7.08. The predicted molar refractivity (Wildman–Crippen MR) is 84.9 cm³/mol. The van der Waals surface area contributed by atoms with Crippen LogP contribution in [0.2, 0.25) is 0 Å². The van der Waals surface area contributed by atoms with Crippen LogP contribution in [-0.2, 0) is 11.3 Å². The van der Waals surface area contributed by atoms with E-state index in [-0.39, 0.29) is 18.3 Å². The molecule has 2 aromatic rings. The van der Waals surface area contributed by atoms with Crippen molar-refractivity contribution in [3.8, 4) is 11.8 Å². The van der Waals surface area contributed by atoms with Crippen molar-refractivity contribution in [1.29, 1.82) is 5.26 Å². The SMILES string of the molecule is CC(=O)NCc1ccc(C(=O)COc2cccc(C#N)c2)cc1. The van der Waals surface area contributed by atoms with Crippen molar-refractivity contribution in [1.82, 2.24) is 5.32 Å². The van der Waals surface area contributed by atoms with Crippen LogP contribution in [0, 0.1) is 11.3 Å². The Kier molecular flexibility index (Phi) is 5.48. The molecule has 0 saturated heterocycles. The van der Waals surface area contributed by atoms with Crippen molar-refractivity contribution >= 4 is 11.7 Å². The van der Waals surface area contributed by atoms with Gasteiger partial charge in [-0.25, -0.2) is 0 Å². The molecule has 0 unspecified atom stereocenters. The van der Waals surface area contributed by atoms with Gasteiger partial charge in [0.25, 0.3) is 0 Å². The number of carbonyl (C=O) groups excluding carboxylic acids is 2. The van der Waals surface area contributed by atoms with Crippen LogP contribution in [0.25, 0.3) is 0 Å². The molecule has 2 aromatic carbocycles. The fourth-order valence-corrected chi connectivity index (χ4v) is 1.92. The van der Waals surface area contributed by atoms with E-state index in [4.69, 9.17) is 10.00 Å². The normalized spacial score (nSPS) is 9.74. The molecule has 1 amide bonds. The topological polar surface area (TPSA) is 79.2 Å². The number of nitrogens with zero attached hydrogens (tertiary/aromatic N) is 1. The molecular formula is C18H16N2O3. The maximum Gasteiger partial charge on any atom is 0.217 e. The van der Waals surface area contributed by atoms with Gasteiger partial charge in [0.15, 0.2) is 12.4 Å². The monoisotopic (exact) mass is 308 g/mol. The second-order valence-corrected chi connectivity index (χ2v) is 4.96. The van der Waals surface area contributed by atoms with Crippen LogP contribution in [0.15, 0.2) is 48.5 Å². The van der Waals surface area contributed by atoms with E-state index in [0.717, 1.165) is 5.56 Å². The van der Waals surface area contributed by atoms with E-state index in [1.807, 2.05) is 6.07 Å². The number of hydrogen-bond donors (Lipinski definition) is 1. The van der Waals surface area contributed by atoms with Crippen LogP contribution in [-0.4, -0.2) is 18.3 Å². The summed E-state index contributed by atoms with van der Waals surface area (Å²) in [6.07, 6.45) is 0. The number of carbonyl (C=O) groups is 2. The van der Waals surface area contributed by atoms with E-state index in [0.29, 0.717) is 23.4 Å². The molecule has 1 N–H and O–H groups in total. The summed E-state index contributed by atoms with van der Waals surface area (Å²) in [4.78, 5) is 22.9. The van der Waals surface area contributed by atoms with Gasteiger partial charge in [-0.05, 0) is 23.8 Å². The van der Waals surface area contributed by atoms with Gasteiger partial charge in [-0.2, -0.15) is 5.26 Å². The highest BCUT2D eigenvalue weighted by molar-refractivity contribution is 5.97. The number of ether oxygens (including phenoxy) is 1. The van der Waals surface area contributed by atoms with Crippen molar-refractivity contribution < 1.29 is 14.3 Å². The van der Waals surface area contributed by atoms with Gasteiger partial charge < -0.3 is 10.1 Å². The molecule has 5 nitrogen and oxygen atoms in total. The molecule has 0 radical (unpaired) electrons. The second-order valence-electron chi connectivity index (χ2n) is 4.96. The molecular weight excluding hydrogens is 292 g/mol. The summed E-state index contributed by atoms with van der Waals surface area (Å²) in [5.74, 6) is 0.233. The van der Waals surface area contributed by atoms with E-state index in [9.17, 15) is 9.59 Å². The number of benzene rings is 2. The number of nitrogens with one attached hydrogen (secondary N) is 1. The number of amides is 1. The summed E-state index contributed by atoms with van der Waals surface area (Å²) in [5.41, 5.74) is 1.93. The van der Waals surface area contributed by atoms with Crippen LogP contribution in [0.3, 0.4) is 0 Å². The molecule has 0 heterocycles. The Morgan fingerprint density at radius 1 is 1.17 bits per heavy atom. The predicted octanol–water partition coefficient (Wildman–Crippen LogP) is 2.46. The smallest absolute Gasteiger partial charge is 0.217 e. The summed E-state index contributed by atoms with van der Waals surface area (Å²) in [6.45, 7) is 1.79. The Morgan fingerprint density at radius 2 is 1.91 bits per heavy atom. The number of nitriles is 1. The third kappa shape index (κ3) is 4.97. The first kappa shape index (κ1) is 16.2. The highest BCUT2D eigenvalue weighted by Gasteiger charge is 2.07. The van der Waals surface area contributed by atoms with Crippen LogP contribution in [0.4, 0.5) is 0 Å². The largest absolute Gasteiger partial charge is 0.485 e. The Balaban J connectivity index is 1.92. The minimum absolute atomic E-state index is 0.0973. The van der Waals surface area contributed by atoms with Gasteiger partial charge in [0.1, 0.15) is 5.75 Å². The summed E-state index contributed by atoms with van der Waals surface area (Å²) in [7, 11) is 0. The van der Waals surface area contributed by atoms with E-state index in [1.165, 1.54) is 6.92 Å². The summed E-state index contributed by atoms with van der Waals surface area (Å²) < 4.78 is 5.42. The molecule has 0 saturated carbocycles. The Labute approximate surface area is 134 Å². The standard InChI is InChI=1S/C18H16N2O3/c1-13(21)20-11-14-5-7-16(8-6-14)18(22)12-23-17-4-2-3-15(9-17)10-19/h2-9H,11-12H2,1H3,(H,20,21). The molecule has 0 atom stereocenters. The Bertz CT molecular complexity index is 746. The fraction of sp³-hybridized carbons (Fsp3) is 0.167. The molecule has 23 heavy (non-hydrogen) atoms. The van der Waals surface area contributed by atoms with E-state index >= 15 is 0 Å². The Morgan fingerprint density at radius 3 is 2.57 bits per heavy atom. The van der Waals surface area contributed by atoms with Crippen LogP contribution < -0.4 is 10.1 Å². The van der Waals surface area contributed by atoms with Crippen LogP contribution in [0.1, 0.15) is 28.4 Å². The quantitative estimate of drug-likeness (QED) is 0.831. The summed E-state index contributed by atoms with van der Waals surface area (Å²) in [6, 6.07) is 15.7. The molecule has 116 valence electrons. The number of ketones is 1. The molecule has 0 aliphatic carbocycles. The van der Waals surface area contributed by atoms with Crippen molar-refractivity contribution in [2.75, 3.05) is 6.61 Å². The van der Waals surface area contributed by atoms with Gasteiger partial charge in [0.05, 0.1) is 11.6 Å². The molecule has 0 fully saturated rings. The zero-order chi connectivity index (χ0) is 16.7. The number of rotatable bonds is 6. The van der Waals surface area contributed by atoms with Gasteiger partial charge >= 0.3 is 0 Å². The van der Waals surface area contributed by atoms with Crippen molar-refractivity contribution in [2.45, 2.75) is 13.5 Å². The average Bonchev–Trinajstić information content (AvgIpc) is 2.58. The van der Waals surface area contributed by atoms with Gasteiger partial charge in [0.2, 0.25) is 5.91 Å². The minimum atomic E-state index is -0.154. The van der Waals surface area contributed by atoms with Gasteiger partial charge in [-0.15, -0.1) is 0 Å². The molecule has 0 bridgehead atoms. The molecule has 0 aromatic heterocycles. The van der Waals surface area contributed by atoms with Gasteiger partial charge in [-0.3, -0.25) is 9.59 Å². The fourth-order valence-electron chi connectivity index (χ4n) is 1.92. The number of Topliss-reactive ketones (excluding diaryl/α,β-unsaturated/α-hetero) is 1. The first-order chi connectivity index (χ1) is 11.1. The summed E-state index contributed by atoms with van der Waals surface area (Å²) >= 11 is 0. The maximum atomic E-state index is 12.1. The average molecular weight is 308 g/mol. The molecule has 0 aliphatic heterocycles. The minimum Gasteiger partial charge on any atom is -0.485 e. The third-order valence-corrected chi connectivity index (χ3v) is 3.15. The zero-order valence-electron chi connectivity index (χ0n) is 12.7. The van der Waals surface area contributed by atoms with E-state index in [1.54, 1.807) is 48.5 Å².